The Labute approximate surface area is 210 Å². The summed E-state index contributed by atoms with van der Waals surface area (Å²) in [4.78, 5) is 11.1. The second kappa shape index (κ2) is 9.85. The lowest BCUT2D eigenvalue weighted by atomic mass is 9.89. The van der Waals surface area contributed by atoms with Crippen LogP contribution in [-0.2, 0) is 15.6 Å². The molecular formula is C24H29ClFN5O3S. The lowest BCUT2D eigenvalue weighted by Gasteiger charge is -2.44. The molecule has 1 aliphatic heterocycles. The van der Waals surface area contributed by atoms with E-state index in [1.807, 2.05) is 19.1 Å². The van der Waals surface area contributed by atoms with Gasteiger partial charge < -0.3 is 10.1 Å². The molecule has 1 fully saturated rings. The van der Waals surface area contributed by atoms with Crippen LogP contribution in [0.3, 0.4) is 0 Å². The molecule has 0 bridgehead atoms. The molecule has 3 aromatic rings. The Bertz CT molecular complexity index is 1340. The predicted octanol–water partition coefficient (Wildman–Crippen LogP) is 4.38. The minimum Gasteiger partial charge on any atom is -0.493 e. The molecule has 35 heavy (non-hydrogen) atoms. The first-order valence-corrected chi connectivity index (χ1v) is 13.6. The zero-order chi connectivity index (χ0) is 25.4. The van der Waals surface area contributed by atoms with E-state index < -0.39 is 21.4 Å². The van der Waals surface area contributed by atoms with E-state index in [9.17, 15) is 12.8 Å². The van der Waals surface area contributed by atoms with E-state index in [1.54, 1.807) is 6.07 Å². The van der Waals surface area contributed by atoms with Crippen molar-refractivity contribution in [1.29, 1.82) is 0 Å². The highest BCUT2D eigenvalue weighted by Crippen LogP contribution is 2.39. The average Bonchev–Trinajstić information content (AvgIpc) is 2.81. The molecule has 1 aromatic heterocycles. The number of benzene rings is 2. The standard InChI is InChI=1S/C24H29ClFN5O3S/c1-5-34-22-14-21-17(23(28-15-27-21)29-16-6-7-20(26)19(25)12-16)13-18(22)24(2,3)30-8-10-31(11-9-30)35(4,32)33/h6-7,12-15H,5,8-11H2,1-4H3,(H,27,28,29). The Kier molecular flexibility index (Phi) is 7.19. The van der Waals surface area contributed by atoms with Gasteiger partial charge in [0.1, 0.15) is 23.7 Å². The number of rotatable bonds is 7. The predicted molar refractivity (Wildman–Crippen MR) is 136 cm³/mol. The number of hydrogen-bond acceptors (Lipinski definition) is 7. The minimum absolute atomic E-state index is 0.0158. The Morgan fingerprint density at radius 2 is 1.86 bits per heavy atom. The number of anilines is 2. The topological polar surface area (TPSA) is 87.7 Å². The zero-order valence-electron chi connectivity index (χ0n) is 20.2. The van der Waals surface area contributed by atoms with Gasteiger partial charge in [-0.3, -0.25) is 4.90 Å². The summed E-state index contributed by atoms with van der Waals surface area (Å²) in [6, 6.07) is 8.30. The molecule has 11 heteroatoms. The summed E-state index contributed by atoms with van der Waals surface area (Å²) in [6.07, 6.45) is 2.70. The third-order valence-corrected chi connectivity index (χ3v) is 7.97. The molecule has 0 radical (unpaired) electrons. The normalized spacial score (nSPS) is 15.9. The molecule has 0 aliphatic carbocycles. The van der Waals surface area contributed by atoms with Crippen molar-refractivity contribution in [1.82, 2.24) is 19.2 Å². The monoisotopic (exact) mass is 521 g/mol. The van der Waals surface area contributed by atoms with Crippen LogP contribution in [0.5, 0.6) is 5.75 Å². The van der Waals surface area contributed by atoms with Crippen molar-refractivity contribution in [2.24, 2.45) is 0 Å². The highest BCUT2D eigenvalue weighted by atomic mass is 35.5. The van der Waals surface area contributed by atoms with Gasteiger partial charge in [-0.05, 0) is 45.0 Å². The number of aromatic nitrogens is 2. The molecule has 0 amide bonds. The van der Waals surface area contributed by atoms with E-state index >= 15 is 0 Å². The third kappa shape index (κ3) is 5.35. The highest BCUT2D eigenvalue weighted by molar-refractivity contribution is 7.88. The summed E-state index contributed by atoms with van der Waals surface area (Å²) < 4.78 is 45.1. The second-order valence-corrected chi connectivity index (χ2v) is 11.4. The summed E-state index contributed by atoms with van der Waals surface area (Å²) in [7, 11) is -3.22. The van der Waals surface area contributed by atoms with Crippen molar-refractivity contribution >= 4 is 44.0 Å². The van der Waals surface area contributed by atoms with Crippen LogP contribution in [0, 0.1) is 5.82 Å². The summed E-state index contributed by atoms with van der Waals surface area (Å²) in [6.45, 7) is 8.66. The first-order valence-electron chi connectivity index (χ1n) is 11.3. The van der Waals surface area contributed by atoms with Gasteiger partial charge in [-0.2, -0.15) is 4.31 Å². The minimum atomic E-state index is -3.22. The molecule has 2 heterocycles. The fraction of sp³-hybridized carbons (Fsp3) is 0.417. The van der Waals surface area contributed by atoms with Crippen LogP contribution in [0.25, 0.3) is 10.9 Å². The summed E-state index contributed by atoms with van der Waals surface area (Å²) in [5.41, 5.74) is 1.77. The van der Waals surface area contributed by atoms with Gasteiger partial charge >= 0.3 is 0 Å². The second-order valence-electron chi connectivity index (χ2n) is 8.98. The molecule has 0 atom stereocenters. The molecule has 1 N–H and O–H groups in total. The number of nitrogens with zero attached hydrogens (tertiary/aromatic N) is 4. The van der Waals surface area contributed by atoms with Gasteiger partial charge in [-0.1, -0.05) is 11.6 Å². The molecule has 0 saturated carbocycles. The first-order chi connectivity index (χ1) is 16.5. The van der Waals surface area contributed by atoms with Gasteiger partial charge in [0, 0.05) is 54.4 Å². The molecule has 0 unspecified atom stereocenters. The van der Waals surface area contributed by atoms with Crippen LogP contribution in [0.1, 0.15) is 26.3 Å². The third-order valence-electron chi connectivity index (χ3n) is 6.38. The summed E-state index contributed by atoms with van der Waals surface area (Å²) in [5, 5.41) is 4.01. The van der Waals surface area contributed by atoms with Crippen LogP contribution in [-0.4, -0.2) is 66.6 Å². The number of sulfonamides is 1. The number of nitrogens with one attached hydrogen (secondary N) is 1. The summed E-state index contributed by atoms with van der Waals surface area (Å²) >= 11 is 5.95. The van der Waals surface area contributed by atoms with Crippen molar-refractivity contribution in [2.75, 3.05) is 44.4 Å². The first kappa shape index (κ1) is 25.6. The van der Waals surface area contributed by atoms with Crippen LogP contribution in [0.4, 0.5) is 15.9 Å². The smallest absolute Gasteiger partial charge is 0.211 e. The van der Waals surface area contributed by atoms with E-state index in [1.165, 1.54) is 29.0 Å². The average molecular weight is 522 g/mol. The van der Waals surface area contributed by atoms with Crippen LogP contribution >= 0.6 is 11.6 Å². The number of fused-ring (bicyclic) bond motifs is 1. The quantitative estimate of drug-likeness (QED) is 0.493. The highest BCUT2D eigenvalue weighted by Gasteiger charge is 2.36. The SMILES string of the molecule is CCOc1cc2ncnc(Nc3ccc(F)c(Cl)c3)c2cc1C(C)(C)N1CCN(S(C)(=O)=O)CC1. The van der Waals surface area contributed by atoms with E-state index in [4.69, 9.17) is 16.3 Å². The van der Waals surface area contributed by atoms with Gasteiger partial charge in [0.25, 0.3) is 0 Å². The maximum absolute atomic E-state index is 13.6. The fourth-order valence-corrected chi connectivity index (χ4v) is 5.40. The van der Waals surface area contributed by atoms with Crippen molar-refractivity contribution in [3.05, 3.63) is 53.1 Å². The van der Waals surface area contributed by atoms with Crippen LogP contribution < -0.4 is 10.1 Å². The molecular weight excluding hydrogens is 493 g/mol. The Hall–Kier alpha value is -2.53. The number of ether oxygens (including phenoxy) is 1. The maximum Gasteiger partial charge on any atom is 0.211 e. The Morgan fingerprint density at radius 1 is 1.14 bits per heavy atom. The van der Waals surface area contributed by atoms with Gasteiger partial charge in [0.05, 0.1) is 23.4 Å². The van der Waals surface area contributed by atoms with Gasteiger partial charge in [0.2, 0.25) is 10.0 Å². The number of halogens is 2. The largest absolute Gasteiger partial charge is 0.493 e. The molecule has 2 aromatic carbocycles. The fourth-order valence-electron chi connectivity index (χ4n) is 4.40. The van der Waals surface area contributed by atoms with Crippen molar-refractivity contribution in [2.45, 2.75) is 26.3 Å². The number of hydrogen-bond donors (Lipinski definition) is 1. The lowest BCUT2D eigenvalue weighted by molar-refractivity contribution is 0.0757. The van der Waals surface area contributed by atoms with E-state index in [0.717, 1.165) is 10.9 Å². The van der Waals surface area contributed by atoms with Gasteiger partial charge in [-0.25, -0.2) is 22.8 Å². The molecule has 8 nitrogen and oxygen atoms in total. The van der Waals surface area contributed by atoms with E-state index in [0.29, 0.717) is 55.6 Å². The molecule has 4 rings (SSSR count). The zero-order valence-corrected chi connectivity index (χ0v) is 21.7. The van der Waals surface area contributed by atoms with E-state index in [2.05, 4.69) is 34.0 Å². The molecule has 188 valence electrons. The molecule has 1 aliphatic rings. The number of piperazine rings is 1. The Balaban J connectivity index is 1.74. The lowest BCUT2D eigenvalue weighted by Crippen LogP contribution is -2.54. The van der Waals surface area contributed by atoms with Crippen molar-refractivity contribution in [3.63, 3.8) is 0 Å². The molecule has 1 saturated heterocycles. The van der Waals surface area contributed by atoms with Crippen molar-refractivity contribution in [3.8, 4) is 5.75 Å². The molecule has 0 spiro atoms. The maximum atomic E-state index is 13.6. The van der Waals surface area contributed by atoms with Crippen molar-refractivity contribution < 1.29 is 17.5 Å². The Morgan fingerprint density at radius 3 is 2.49 bits per heavy atom. The van der Waals surface area contributed by atoms with Gasteiger partial charge in [-0.15, -0.1) is 0 Å². The van der Waals surface area contributed by atoms with Crippen LogP contribution in [0.2, 0.25) is 5.02 Å². The van der Waals surface area contributed by atoms with E-state index in [-0.39, 0.29) is 5.02 Å². The van der Waals surface area contributed by atoms with Gasteiger partial charge in [0.15, 0.2) is 0 Å². The summed E-state index contributed by atoms with van der Waals surface area (Å²) in [5.74, 6) is 0.774. The van der Waals surface area contributed by atoms with Crippen LogP contribution in [0.15, 0.2) is 36.7 Å².